The van der Waals surface area contributed by atoms with Gasteiger partial charge in [-0.05, 0) is 0 Å². The van der Waals surface area contributed by atoms with Crippen molar-refractivity contribution in [3.05, 3.63) is 111 Å². The molecule has 3 aromatic rings. The van der Waals surface area contributed by atoms with Crippen LogP contribution in [0.25, 0.3) is 0 Å². The molecular weight excluding hydrogens is 519 g/mol. The number of benzene rings is 3. The summed E-state index contributed by atoms with van der Waals surface area (Å²) in [7, 11) is -2.47. The molecule has 1 aliphatic carbocycles. The largest absolute Gasteiger partial charge is 1.00 e. The summed E-state index contributed by atoms with van der Waals surface area (Å²) in [6.07, 6.45) is 0. The van der Waals surface area contributed by atoms with Crippen LogP contribution in [0.2, 0.25) is 5.04 Å². The molecular formula is C28H29Cl3SiTi. The Morgan fingerprint density at radius 1 is 0.606 bits per heavy atom. The standard InChI is InChI=1S/C28H29Si.3ClH.Ti/c1-21-13-12-18-27(19-21)29(25-14-8-6-9-15-25,26-16-10-7-11-17-26)28(5)20-22(2)23(3)24(28)4;;;;/h6-19H,1-5H3;3*1H;/q;;;;+3/p-3. The molecule has 0 saturated carbocycles. The van der Waals surface area contributed by atoms with E-state index in [1.807, 2.05) is 0 Å². The van der Waals surface area contributed by atoms with E-state index in [4.69, 9.17) is 0 Å². The Morgan fingerprint density at radius 2 is 1.06 bits per heavy atom. The fourth-order valence-corrected chi connectivity index (χ4v) is 13.2. The van der Waals surface area contributed by atoms with Crippen molar-refractivity contribution in [3.63, 3.8) is 0 Å². The average Bonchev–Trinajstić information content (AvgIpc) is 2.92. The Bertz CT molecular complexity index is 1090. The molecule has 1 atom stereocenters. The molecule has 0 saturated heterocycles. The van der Waals surface area contributed by atoms with Crippen LogP contribution >= 0.6 is 0 Å². The maximum Gasteiger partial charge on any atom is -1.00 e. The number of hydrogen-bond acceptors (Lipinski definition) is 0. The van der Waals surface area contributed by atoms with Crippen molar-refractivity contribution in [3.8, 4) is 0 Å². The van der Waals surface area contributed by atoms with Gasteiger partial charge in [0.05, 0.1) is 0 Å². The number of hydrogen-bond donors (Lipinski definition) is 0. The number of halogens is 3. The second kappa shape index (κ2) is 11.6. The van der Waals surface area contributed by atoms with E-state index >= 15 is 0 Å². The van der Waals surface area contributed by atoms with E-state index in [0.29, 0.717) is 0 Å². The van der Waals surface area contributed by atoms with Crippen molar-refractivity contribution >= 4 is 23.6 Å². The third-order valence-corrected chi connectivity index (χ3v) is 14.8. The molecule has 0 fully saturated rings. The maximum atomic E-state index is 2.52. The van der Waals surface area contributed by atoms with Crippen molar-refractivity contribution in [1.82, 2.24) is 0 Å². The van der Waals surface area contributed by atoms with Crippen LogP contribution in [0.15, 0.2) is 106 Å². The molecule has 3 aromatic carbocycles. The number of aryl methyl sites for hydroxylation is 1. The SMILES string of the molecule is CC1=C(C)C(C)([Si](c2ccccc2)(c2ccccc2)c2cccc(C)c2)[C]([Ti+3])=C1C.[Cl-].[Cl-].[Cl-]. The van der Waals surface area contributed by atoms with Crippen LogP contribution in [0.5, 0.6) is 0 Å². The zero-order chi connectivity index (χ0) is 21.5. The molecule has 0 spiro atoms. The van der Waals surface area contributed by atoms with E-state index in [1.54, 1.807) is 0 Å². The first-order valence-corrected chi connectivity index (χ1v) is 13.4. The zero-order valence-corrected chi connectivity index (χ0v) is 24.5. The maximum absolute atomic E-state index is 2.52. The molecule has 0 N–H and O–H groups in total. The Morgan fingerprint density at radius 3 is 1.45 bits per heavy atom. The molecule has 33 heavy (non-hydrogen) atoms. The van der Waals surface area contributed by atoms with Gasteiger partial charge >= 0.3 is 195 Å². The Labute approximate surface area is 230 Å². The summed E-state index contributed by atoms with van der Waals surface area (Å²) in [5.41, 5.74) is 5.78. The summed E-state index contributed by atoms with van der Waals surface area (Å²) >= 11 is 2.37. The van der Waals surface area contributed by atoms with Gasteiger partial charge in [-0.15, -0.1) is 0 Å². The smallest absolute Gasteiger partial charge is 1.00 e. The molecule has 0 aromatic heterocycles. The minimum Gasteiger partial charge on any atom is -1.00 e. The van der Waals surface area contributed by atoms with Crippen LogP contribution in [0.3, 0.4) is 0 Å². The van der Waals surface area contributed by atoms with E-state index in [2.05, 4.69) is 140 Å². The summed E-state index contributed by atoms with van der Waals surface area (Å²) in [6, 6.07) is 31.9. The van der Waals surface area contributed by atoms with Crippen LogP contribution in [0, 0.1) is 6.92 Å². The molecule has 0 nitrogen and oxygen atoms in total. The van der Waals surface area contributed by atoms with E-state index in [9.17, 15) is 0 Å². The van der Waals surface area contributed by atoms with Gasteiger partial charge < -0.3 is 37.2 Å². The van der Waals surface area contributed by atoms with Crippen LogP contribution in [0.1, 0.15) is 33.3 Å². The molecule has 4 rings (SSSR count). The van der Waals surface area contributed by atoms with E-state index < -0.39 is 8.07 Å². The van der Waals surface area contributed by atoms with Crippen molar-refractivity contribution in [2.24, 2.45) is 0 Å². The minimum absolute atomic E-state index is 0. The minimum atomic E-state index is -2.47. The summed E-state index contributed by atoms with van der Waals surface area (Å²) in [4.78, 5) is 0. The monoisotopic (exact) mass is 546 g/mol. The molecule has 0 amide bonds. The summed E-state index contributed by atoms with van der Waals surface area (Å²) in [6.45, 7) is 11.7. The summed E-state index contributed by atoms with van der Waals surface area (Å²) in [5, 5.41) is 4.41. The topological polar surface area (TPSA) is 0 Å². The number of allylic oxidation sites excluding steroid dienone is 4. The first-order chi connectivity index (χ1) is 14.3. The Hall–Kier alpha value is -1.06. The van der Waals surface area contributed by atoms with Crippen LogP contribution in [-0.2, 0) is 20.4 Å². The first kappa shape index (κ1) is 30.0. The van der Waals surface area contributed by atoms with E-state index in [-0.39, 0.29) is 42.3 Å². The molecule has 5 heteroatoms. The Kier molecular flexibility index (Phi) is 10.5. The van der Waals surface area contributed by atoms with Gasteiger partial charge in [-0.1, -0.05) is 0 Å². The molecule has 1 aliphatic rings. The third kappa shape index (κ3) is 4.49. The molecule has 0 bridgehead atoms. The molecule has 1 unspecified atom stereocenters. The van der Waals surface area contributed by atoms with Crippen LogP contribution in [-0.4, -0.2) is 8.07 Å². The second-order valence-corrected chi connectivity index (χ2v) is 13.7. The number of rotatable bonds is 4. The average molecular weight is 548 g/mol. The molecule has 170 valence electrons. The van der Waals surface area contributed by atoms with Gasteiger partial charge in [0.25, 0.3) is 0 Å². The normalized spacial score (nSPS) is 17.8. The quantitative estimate of drug-likeness (QED) is 0.234. The van der Waals surface area contributed by atoms with Crippen LogP contribution < -0.4 is 52.8 Å². The van der Waals surface area contributed by atoms with Gasteiger partial charge in [-0.25, -0.2) is 0 Å². The van der Waals surface area contributed by atoms with Gasteiger partial charge in [-0.2, -0.15) is 0 Å². The van der Waals surface area contributed by atoms with Gasteiger partial charge in [-0.3, -0.25) is 0 Å². The van der Waals surface area contributed by atoms with Crippen molar-refractivity contribution in [1.29, 1.82) is 0 Å². The summed E-state index contributed by atoms with van der Waals surface area (Å²) < 4.78 is 1.53. The van der Waals surface area contributed by atoms with Crippen molar-refractivity contribution in [2.75, 3.05) is 0 Å². The van der Waals surface area contributed by atoms with Crippen LogP contribution in [0.4, 0.5) is 0 Å². The van der Waals surface area contributed by atoms with Crippen molar-refractivity contribution < 1.29 is 57.7 Å². The van der Waals surface area contributed by atoms with Gasteiger partial charge in [0.2, 0.25) is 0 Å². The molecule has 0 aliphatic heterocycles. The Balaban J connectivity index is 0.00000181. The predicted octanol–water partition coefficient (Wildman–Crippen LogP) is -3.59. The third-order valence-electron chi connectivity index (χ3n) is 7.36. The molecule has 0 heterocycles. The van der Waals surface area contributed by atoms with Crippen molar-refractivity contribution in [2.45, 2.75) is 39.7 Å². The van der Waals surface area contributed by atoms with E-state index in [1.165, 1.54) is 41.7 Å². The summed E-state index contributed by atoms with van der Waals surface area (Å²) in [5.74, 6) is 0. The fourth-order valence-electron chi connectivity index (χ4n) is 5.50. The predicted molar refractivity (Wildman–Crippen MR) is 128 cm³/mol. The van der Waals surface area contributed by atoms with E-state index in [0.717, 1.165) is 0 Å². The molecule has 0 radical (unpaired) electrons. The van der Waals surface area contributed by atoms with Gasteiger partial charge in [0, 0.05) is 0 Å². The fraction of sp³-hybridized carbons (Fsp3) is 0.214. The first-order valence-electron chi connectivity index (χ1n) is 10.6. The second-order valence-electron chi connectivity index (χ2n) is 8.73. The zero-order valence-electron chi connectivity index (χ0n) is 19.7. The van der Waals surface area contributed by atoms with Gasteiger partial charge in [0.15, 0.2) is 0 Å². The van der Waals surface area contributed by atoms with Gasteiger partial charge in [0.1, 0.15) is 0 Å².